The van der Waals surface area contributed by atoms with E-state index in [4.69, 9.17) is 0 Å². The third-order valence-corrected chi connectivity index (χ3v) is 5.12. The van der Waals surface area contributed by atoms with Crippen molar-refractivity contribution in [3.8, 4) is 0 Å². The fraction of sp³-hybridized carbons (Fsp3) is 0.611. The Balaban J connectivity index is 1.78. The molecule has 1 saturated heterocycles. The summed E-state index contributed by atoms with van der Waals surface area (Å²) in [6.07, 6.45) is 6.50. The number of carbonyl (C=O) groups is 1. The molecule has 1 atom stereocenters. The number of fused-ring (bicyclic) bond motifs is 1. The SMILES string of the molecule is CCN(CC)Cc1cnc2c(C(=O)N3CC[C@@H](N(C)C)C3)cnn2c1. The highest BCUT2D eigenvalue weighted by Crippen LogP contribution is 2.18. The lowest BCUT2D eigenvalue weighted by Gasteiger charge is -2.20. The zero-order valence-corrected chi connectivity index (χ0v) is 15.6. The largest absolute Gasteiger partial charge is 0.337 e. The summed E-state index contributed by atoms with van der Waals surface area (Å²) in [5, 5.41) is 4.36. The number of amides is 1. The molecule has 25 heavy (non-hydrogen) atoms. The zero-order valence-electron chi connectivity index (χ0n) is 15.6. The molecule has 1 aliphatic heterocycles. The van der Waals surface area contributed by atoms with Crippen LogP contribution in [0, 0.1) is 0 Å². The highest BCUT2D eigenvalue weighted by Gasteiger charge is 2.29. The molecule has 1 fully saturated rings. The molecule has 7 nitrogen and oxygen atoms in total. The van der Waals surface area contributed by atoms with E-state index in [1.165, 1.54) is 0 Å². The van der Waals surface area contributed by atoms with Crippen molar-refractivity contribution < 1.29 is 4.79 Å². The fourth-order valence-electron chi connectivity index (χ4n) is 3.37. The Bertz CT molecular complexity index is 736. The molecular weight excluding hydrogens is 316 g/mol. The normalized spacial score (nSPS) is 18.0. The standard InChI is InChI=1S/C18H28N6O/c1-5-22(6-2)11-14-9-19-17-16(10-20-24(17)12-14)18(25)23-8-7-15(13-23)21(3)4/h9-10,12,15H,5-8,11,13H2,1-4H3/t15-/m1/s1. The molecular formula is C18H28N6O. The first-order valence-corrected chi connectivity index (χ1v) is 9.03. The Morgan fingerprint density at radius 2 is 2.04 bits per heavy atom. The number of hydrogen-bond donors (Lipinski definition) is 0. The lowest BCUT2D eigenvalue weighted by atomic mass is 10.2. The van der Waals surface area contributed by atoms with E-state index in [1.807, 2.05) is 17.3 Å². The van der Waals surface area contributed by atoms with Crippen LogP contribution in [-0.4, -0.2) is 81.5 Å². The monoisotopic (exact) mass is 344 g/mol. The van der Waals surface area contributed by atoms with Crippen molar-refractivity contribution >= 4 is 11.6 Å². The maximum absolute atomic E-state index is 12.9. The number of nitrogens with zero attached hydrogens (tertiary/aromatic N) is 6. The van der Waals surface area contributed by atoms with Gasteiger partial charge in [0.05, 0.1) is 6.20 Å². The van der Waals surface area contributed by atoms with Crippen LogP contribution < -0.4 is 0 Å². The van der Waals surface area contributed by atoms with Crippen LogP contribution in [0.5, 0.6) is 0 Å². The first-order chi connectivity index (χ1) is 12.0. The van der Waals surface area contributed by atoms with E-state index in [9.17, 15) is 4.79 Å². The minimum Gasteiger partial charge on any atom is -0.337 e. The van der Waals surface area contributed by atoms with Gasteiger partial charge in [0.1, 0.15) is 5.56 Å². The molecule has 0 bridgehead atoms. The maximum Gasteiger partial charge on any atom is 0.259 e. The van der Waals surface area contributed by atoms with Crippen LogP contribution in [0.15, 0.2) is 18.6 Å². The summed E-state index contributed by atoms with van der Waals surface area (Å²) >= 11 is 0. The number of rotatable bonds is 6. The van der Waals surface area contributed by atoms with E-state index < -0.39 is 0 Å². The average molecular weight is 344 g/mol. The summed E-state index contributed by atoms with van der Waals surface area (Å²) < 4.78 is 1.73. The first kappa shape index (κ1) is 17.8. The highest BCUT2D eigenvalue weighted by atomic mass is 16.2. The quantitative estimate of drug-likeness (QED) is 0.792. The topological polar surface area (TPSA) is 57.0 Å². The van der Waals surface area contributed by atoms with Crippen LogP contribution in [0.3, 0.4) is 0 Å². The molecule has 1 aliphatic rings. The lowest BCUT2D eigenvalue weighted by Crippen LogP contribution is -2.34. The number of carbonyl (C=O) groups excluding carboxylic acids is 1. The van der Waals surface area contributed by atoms with Gasteiger partial charge in [-0.1, -0.05) is 13.8 Å². The number of likely N-dealkylation sites (tertiary alicyclic amines) is 1. The van der Waals surface area contributed by atoms with Crippen molar-refractivity contribution in [2.24, 2.45) is 0 Å². The Kier molecular flexibility index (Phi) is 5.34. The zero-order chi connectivity index (χ0) is 18.0. The van der Waals surface area contributed by atoms with Crippen molar-refractivity contribution in [3.05, 3.63) is 29.7 Å². The molecule has 0 spiro atoms. The molecule has 0 radical (unpaired) electrons. The summed E-state index contributed by atoms with van der Waals surface area (Å²) in [6, 6.07) is 0.430. The van der Waals surface area contributed by atoms with Gasteiger partial charge in [0.25, 0.3) is 5.91 Å². The molecule has 1 amide bonds. The van der Waals surface area contributed by atoms with Crippen LogP contribution in [0.25, 0.3) is 5.65 Å². The van der Waals surface area contributed by atoms with Gasteiger partial charge in [0, 0.05) is 43.6 Å². The molecule has 0 unspecified atom stereocenters. The van der Waals surface area contributed by atoms with E-state index in [2.05, 4.69) is 47.8 Å². The molecule has 0 aliphatic carbocycles. The van der Waals surface area contributed by atoms with Gasteiger partial charge in [0.2, 0.25) is 0 Å². The number of aromatic nitrogens is 3. The fourth-order valence-corrected chi connectivity index (χ4v) is 3.37. The van der Waals surface area contributed by atoms with Crippen LogP contribution in [0.4, 0.5) is 0 Å². The van der Waals surface area contributed by atoms with Gasteiger partial charge in [-0.15, -0.1) is 0 Å². The lowest BCUT2D eigenvalue weighted by molar-refractivity contribution is 0.0784. The molecule has 3 rings (SSSR count). The minimum absolute atomic E-state index is 0.0309. The Labute approximate surface area is 149 Å². The number of likely N-dealkylation sites (N-methyl/N-ethyl adjacent to an activating group) is 1. The third-order valence-electron chi connectivity index (χ3n) is 5.12. The predicted molar refractivity (Wildman–Crippen MR) is 97.6 cm³/mol. The minimum atomic E-state index is 0.0309. The van der Waals surface area contributed by atoms with E-state index in [0.29, 0.717) is 17.3 Å². The maximum atomic E-state index is 12.9. The van der Waals surface area contributed by atoms with Gasteiger partial charge in [0.15, 0.2) is 5.65 Å². The highest BCUT2D eigenvalue weighted by molar-refractivity contribution is 5.99. The second-order valence-corrected chi connectivity index (χ2v) is 6.91. The van der Waals surface area contributed by atoms with Crippen molar-refractivity contribution in [2.45, 2.75) is 32.9 Å². The summed E-state index contributed by atoms with van der Waals surface area (Å²) in [6.45, 7) is 8.70. The van der Waals surface area contributed by atoms with Gasteiger partial charge in [-0.25, -0.2) is 9.50 Å². The Hall–Kier alpha value is -1.99. The van der Waals surface area contributed by atoms with Gasteiger partial charge < -0.3 is 9.80 Å². The van der Waals surface area contributed by atoms with Crippen LogP contribution in [-0.2, 0) is 6.54 Å². The predicted octanol–water partition coefficient (Wildman–Crippen LogP) is 1.35. The van der Waals surface area contributed by atoms with E-state index in [1.54, 1.807) is 10.7 Å². The smallest absolute Gasteiger partial charge is 0.259 e. The average Bonchev–Trinajstić information content (AvgIpc) is 3.26. The molecule has 2 aromatic rings. The molecule has 0 N–H and O–H groups in total. The Morgan fingerprint density at radius 1 is 1.28 bits per heavy atom. The van der Waals surface area contributed by atoms with Crippen molar-refractivity contribution in [1.82, 2.24) is 29.3 Å². The summed E-state index contributed by atoms with van der Waals surface area (Å²) in [7, 11) is 4.12. The van der Waals surface area contributed by atoms with Gasteiger partial charge in [-0.3, -0.25) is 9.69 Å². The van der Waals surface area contributed by atoms with Gasteiger partial charge in [-0.2, -0.15) is 5.10 Å². The molecule has 0 aromatic carbocycles. The molecule has 2 aromatic heterocycles. The van der Waals surface area contributed by atoms with Crippen LogP contribution >= 0.6 is 0 Å². The van der Waals surface area contributed by atoms with Gasteiger partial charge >= 0.3 is 0 Å². The molecule has 136 valence electrons. The molecule has 3 heterocycles. The summed E-state index contributed by atoms with van der Waals surface area (Å²) in [5.41, 5.74) is 2.34. The first-order valence-electron chi connectivity index (χ1n) is 9.03. The Morgan fingerprint density at radius 3 is 2.68 bits per heavy atom. The molecule has 7 heteroatoms. The second kappa shape index (κ2) is 7.49. The number of hydrogen-bond acceptors (Lipinski definition) is 5. The van der Waals surface area contributed by atoms with Crippen LogP contribution in [0.1, 0.15) is 36.2 Å². The van der Waals surface area contributed by atoms with Gasteiger partial charge in [-0.05, 0) is 33.6 Å². The van der Waals surface area contributed by atoms with E-state index in [-0.39, 0.29) is 5.91 Å². The molecule has 0 saturated carbocycles. The van der Waals surface area contributed by atoms with Crippen molar-refractivity contribution in [1.29, 1.82) is 0 Å². The summed E-state index contributed by atoms with van der Waals surface area (Å²) in [5.74, 6) is 0.0309. The van der Waals surface area contributed by atoms with Crippen LogP contribution in [0.2, 0.25) is 0 Å². The van der Waals surface area contributed by atoms with E-state index >= 15 is 0 Å². The van der Waals surface area contributed by atoms with Crippen molar-refractivity contribution in [2.75, 3.05) is 40.3 Å². The second-order valence-electron chi connectivity index (χ2n) is 6.91. The summed E-state index contributed by atoms with van der Waals surface area (Å²) in [4.78, 5) is 23.8. The third kappa shape index (κ3) is 3.67. The van der Waals surface area contributed by atoms with Crippen molar-refractivity contribution in [3.63, 3.8) is 0 Å². The van der Waals surface area contributed by atoms with E-state index in [0.717, 1.165) is 44.7 Å².